The largest absolute Gasteiger partial charge is 0.268 e. The Labute approximate surface area is 101 Å². The van der Waals surface area contributed by atoms with Crippen molar-refractivity contribution in [2.24, 2.45) is 0 Å². The minimum Gasteiger partial charge on any atom is -0.268 e. The summed E-state index contributed by atoms with van der Waals surface area (Å²) in [6.07, 6.45) is 3.14. The lowest BCUT2D eigenvalue weighted by molar-refractivity contribution is 0.0981. The maximum atomic E-state index is 11.9. The second-order valence-corrected chi connectivity index (χ2v) is 6.21. The van der Waals surface area contributed by atoms with Gasteiger partial charge in [-0.2, -0.15) is 0 Å². The highest BCUT2D eigenvalue weighted by Gasteiger charge is 2.30. The number of hydrogen-bond donors (Lipinski definition) is 1. The molecule has 0 saturated heterocycles. The van der Waals surface area contributed by atoms with Crippen LogP contribution in [0.3, 0.4) is 0 Å². The number of carbonyl (C=O) groups excluding carboxylic acids is 1. The van der Waals surface area contributed by atoms with Gasteiger partial charge in [-0.25, -0.2) is 13.1 Å². The maximum absolute atomic E-state index is 11.9. The van der Waals surface area contributed by atoms with Gasteiger partial charge in [0.25, 0.3) is 5.91 Å². The fourth-order valence-corrected chi connectivity index (χ4v) is 3.56. The van der Waals surface area contributed by atoms with Crippen molar-refractivity contribution in [3.05, 3.63) is 35.9 Å². The molecule has 0 radical (unpaired) electrons. The SMILES string of the molecule is O=C(NS(=O)(=O)C1CCCC1)c1ccccc1. The molecule has 1 fully saturated rings. The van der Waals surface area contributed by atoms with E-state index in [1.165, 1.54) is 0 Å². The van der Waals surface area contributed by atoms with Crippen LogP contribution < -0.4 is 4.72 Å². The predicted octanol–water partition coefficient (Wildman–Crippen LogP) is 1.69. The summed E-state index contributed by atoms with van der Waals surface area (Å²) >= 11 is 0. The normalized spacial score (nSPS) is 16.9. The number of carbonyl (C=O) groups is 1. The van der Waals surface area contributed by atoms with E-state index in [0.717, 1.165) is 12.8 Å². The number of rotatable bonds is 3. The molecule has 0 aliphatic heterocycles. The zero-order chi connectivity index (χ0) is 12.3. The fraction of sp³-hybridized carbons (Fsp3) is 0.417. The van der Waals surface area contributed by atoms with Gasteiger partial charge >= 0.3 is 0 Å². The zero-order valence-electron chi connectivity index (χ0n) is 9.43. The zero-order valence-corrected chi connectivity index (χ0v) is 10.2. The average Bonchev–Trinajstić information content (AvgIpc) is 2.84. The van der Waals surface area contributed by atoms with Crippen LogP contribution in [0.15, 0.2) is 30.3 Å². The van der Waals surface area contributed by atoms with E-state index in [2.05, 4.69) is 4.72 Å². The van der Waals surface area contributed by atoms with Gasteiger partial charge in [-0.3, -0.25) is 4.79 Å². The van der Waals surface area contributed by atoms with Crippen molar-refractivity contribution in [2.75, 3.05) is 0 Å². The lowest BCUT2D eigenvalue weighted by atomic mass is 10.2. The van der Waals surface area contributed by atoms with Gasteiger partial charge in [0.1, 0.15) is 0 Å². The van der Waals surface area contributed by atoms with E-state index in [-0.39, 0.29) is 0 Å². The number of sulfonamides is 1. The Hall–Kier alpha value is -1.36. The van der Waals surface area contributed by atoms with Crippen LogP contribution in [0, 0.1) is 0 Å². The first-order valence-electron chi connectivity index (χ1n) is 5.70. The monoisotopic (exact) mass is 253 g/mol. The summed E-state index contributed by atoms with van der Waals surface area (Å²) in [7, 11) is -3.51. The molecule has 1 amide bonds. The van der Waals surface area contributed by atoms with Gasteiger partial charge in [0.2, 0.25) is 10.0 Å². The van der Waals surface area contributed by atoms with E-state index >= 15 is 0 Å². The van der Waals surface area contributed by atoms with Crippen molar-refractivity contribution in [3.63, 3.8) is 0 Å². The Bertz CT molecular complexity index is 490. The number of benzene rings is 1. The molecule has 0 atom stereocenters. The highest BCUT2D eigenvalue weighted by molar-refractivity contribution is 7.90. The molecule has 1 aliphatic carbocycles. The predicted molar refractivity (Wildman–Crippen MR) is 65.1 cm³/mol. The Morgan fingerprint density at radius 1 is 1.12 bits per heavy atom. The molecule has 17 heavy (non-hydrogen) atoms. The van der Waals surface area contributed by atoms with Gasteiger partial charge in [-0.15, -0.1) is 0 Å². The number of hydrogen-bond acceptors (Lipinski definition) is 3. The van der Waals surface area contributed by atoms with Crippen LogP contribution in [-0.4, -0.2) is 19.6 Å². The Morgan fingerprint density at radius 2 is 1.71 bits per heavy atom. The minimum absolute atomic E-state index is 0.370. The van der Waals surface area contributed by atoms with Crippen LogP contribution in [0.25, 0.3) is 0 Å². The molecule has 1 aromatic carbocycles. The standard InChI is InChI=1S/C12H15NO3S/c14-12(10-6-2-1-3-7-10)13-17(15,16)11-8-4-5-9-11/h1-3,6-7,11H,4-5,8-9H2,(H,13,14). The van der Waals surface area contributed by atoms with Crippen molar-refractivity contribution in [1.82, 2.24) is 4.72 Å². The smallest absolute Gasteiger partial charge is 0.264 e. The van der Waals surface area contributed by atoms with Crippen molar-refractivity contribution >= 4 is 15.9 Å². The summed E-state index contributed by atoms with van der Waals surface area (Å²) < 4.78 is 25.9. The molecule has 4 nitrogen and oxygen atoms in total. The van der Waals surface area contributed by atoms with E-state index in [1.54, 1.807) is 30.3 Å². The molecule has 1 aliphatic rings. The summed E-state index contributed by atoms with van der Waals surface area (Å²) in [5.74, 6) is -0.544. The summed E-state index contributed by atoms with van der Waals surface area (Å²) in [4.78, 5) is 11.7. The van der Waals surface area contributed by atoms with Crippen LogP contribution in [0.4, 0.5) is 0 Å². The van der Waals surface area contributed by atoms with E-state index in [9.17, 15) is 13.2 Å². The van der Waals surface area contributed by atoms with Crippen molar-refractivity contribution in [1.29, 1.82) is 0 Å². The van der Waals surface area contributed by atoms with Gasteiger partial charge in [0.05, 0.1) is 5.25 Å². The van der Waals surface area contributed by atoms with Crippen molar-refractivity contribution < 1.29 is 13.2 Å². The molecule has 0 aromatic heterocycles. The number of amides is 1. The maximum Gasteiger partial charge on any atom is 0.264 e. The first kappa shape index (κ1) is 12.1. The van der Waals surface area contributed by atoms with Gasteiger partial charge < -0.3 is 0 Å². The molecule has 0 bridgehead atoms. The highest BCUT2D eigenvalue weighted by Crippen LogP contribution is 2.24. The van der Waals surface area contributed by atoms with E-state index in [0.29, 0.717) is 18.4 Å². The molecule has 1 aromatic rings. The Kier molecular flexibility index (Phi) is 3.47. The Balaban J connectivity index is 2.08. The second kappa shape index (κ2) is 4.87. The molecule has 0 heterocycles. The third-order valence-electron chi connectivity index (χ3n) is 3.01. The van der Waals surface area contributed by atoms with Crippen LogP contribution in [-0.2, 0) is 10.0 Å². The molecule has 92 valence electrons. The first-order valence-corrected chi connectivity index (χ1v) is 7.25. The summed E-state index contributed by atoms with van der Waals surface area (Å²) in [6.45, 7) is 0. The molecule has 5 heteroatoms. The van der Waals surface area contributed by atoms with Gasteiger partial charge in [0, 0.05) is 5.56 Å². The summed E-state index contributed by atoms with van der Waals surface area (Å²) in [5, 5.41) is -0.407. The van der Waals surface area contributed by atoms with Crippen LogP contribution >= 0.6 is 0 Å². The van der Waals surface area contributed by atoms with E-state index in [4.69, 9.17) is 0 Å². The summed E-state index contributed by atoms with van der Waals surface area (Å²) in [5.41, 5.74) is 0.370. The molecule has 0 unspecified atom stereocenters. The van der Waals surface area contributed by atoms with Crippen LogP contribution in [0.1, 0.15) is 36.0 Å². The summed E-state index contributed by atoms with van der Waals surface area (Å²) in [6, 6.07) is 8.38. The molecule has 1 N–H and O–H groups in total. The van der Waals surface area contributed by atoms with Gasteiger partial charge in [-0.1, -0.05) is 31.0 Å². The van der Waals surface area contributed by atoms with Crippen molar-refractivity contribution in [3.8, 4) is 0 Å². The van der Waals surface area contributed by atoms with Crippen LogP contribution in [0.2, 0.25) is 0 Å². The third kappa shape index (κ3) is 2.85. The van der Waals surface area contributed by atoms with Gasteiger partial charge in [0.15, 0.2) is 0 Å². The van der Waals surface area contributed by atoms with Crippen LogP contribution in [0.5, 0.6) is 0 Å². The Morgan fingerprint density at radius 3 is 2.29 bits per heavy atom. The van der Waals surface area contributed by atoms with E-state index < -0.39 is 21.2 Å². The molecule has 1 saturated carbocycles. The molecular formula is C12H15NO3S. The first-order chi connectivity index (χ1) is 8.09. The van der Waals surface area contributed by atoms with Crippen molar-refractivity contribution in [2.45, 2.75) is 30.9 Å². The molecule has 0 spiro atoms. The topological polar surface area (TPSA) is 63.2 Å². The van der Waals surface area contributed by atoms with Gasteiger partial charge in [-0.05, 0) is 25.0 Å². The lowest BCUT2D eigenvalue weighted by Gasteiger charge is -2.12. The molecular weight excluding hydrogens is 238 g/mol. The quantitative estimate of drug-likeness (QED) is 0.891. The average molecular weight is 253 g/mol. The van der Waals surface area contributed by atoms with E-state index in [1.807, 2.05) is 0 Å². The third-order valence-corrected chi connectivity index (χ3v) is 4.83. The lowest BCUT2D eigenvalue weighted by Crippen LogP contribution is -2.37. The highest BCUT2D eigenvalue weighted by atomic mass is 32.2. The molecule has 2 rings (SSSR count). The minimum atomic E-state index is -3.51. The fourth-order valence-electron chi connectivity index (χ4n) is 2.06. The number of nitrogens with one attached hydrogen (secondary N) is 1. The second-order valence-electron chi connectivity index (χ2n) is 4.25.